The molecular weight excluding hydrogens is 1600 g/mol. The first-order chi connectivity index (χ1) is 61.1. The lowest BCUT2D eigenvalue weighted by atomic mass is 9.76. The SMILES string of the molecule is CC(C)(C)OC(=O)N1CCCC1C1=NC=C(c2ccc(-c3ccc(-c4ccc5nc(C6CCCN6)[nH]c5c4)c4c3C3(CCCC3)CC4)cc2)C1.COC(=O)CC(C(=O)O)C(C)C.COC(=O)NC(C(=O)N1CCCC1c1ncc(-c2ccc(-c3ccc(-c4ccc5nc(C6CCCN6C(=O)C(NC(=O)OC)C(C)C)[nH]c5c4)c4c3C3(CCCC3)CC4)cc2)[nH]1)C(C)C. The first-order valence-electron chi connectivity index (χ1n) is 46.3. The van der Waals surface area contributed by atoms with Crippen LogP contribution in [0.2, 0.25) is 0 Å². The molecule has 0 radical (unpaired) electrons. The summed E-state index contributed by atoms with van der Waals surface area (Å²) >= 11 is 0. The number of nitrogens with one attached hydrogen (secondary N) is 6. The molecule has 9 aromatic rings. The molecule has 7 atom stereocenters. The van der Waals surface area contributed by atoms with E-state index in [-0.39, 0.29) is 71.0 Å². The van der Waals surface area contributed by atoms with Crippen molar-refractivity contribution in [3.05, 3.63) is 167 Å². The maximum atomic E-state index is 13.8. The van der Waals surface area contributed by atoms with E-state index < -0.39 is 47.7 Å². The van der Waals surface area contributed by atoms with Crippen molar-refractivity contribution in [3.8, 4) is 55.8 Å². The van der Waals surface area contributed by atoms with E-state index in [1.54, 1.807) is 25.0 Å². The minimum Gasteiger partial charge on any atom is -0.481 e. The van der Waals surface area contributed by atoms with Crippen molar-refractivity contribution in [1.29, 1.82) is 0 Å². The van der Waals surface area contributed by atoms with E-state index in [1.165, 1.54) is 147 Å². The van der Waals surface area contributed by atoms with Crippen molar-refractivity contribution >= 4 is 75.4 Å². The van der Waals surface area contributed by atoms with Crippen LogP contribution in [-0.2, 0) is 61.8 Å². The van der Waals surface area contributed by atoms with Crippen LogP contribution in [0.4, 0.5) is 14.4 Å². The molecule has 4 saturated heterocycles. The van der Waals surface area contributed by atoms with Crippen molar-refractivity contribution in [2.75, 3.05) is 47.5 Å². The highest BCUT2D eigenvalue weighted by atomic mass is 16.6. The fourth-order valence-corrected chi connectivity index (χ4v) is 21.8. The third kappa shape index (κ3) is 18.4. The molecule has 7 N–H and O–H groups in total. The second-order valence-corrected chi connectivity index (χ2v) is 38.5. The number of hydrogen-bond donors (Lipinski definition) is 7. The Morgan fingerprint density at radius 1 is 0.512 bits per heavy atom. The summed E-state index contributed by atoms with van der Waals surface area (Å²) < 4.78 is 19.7. The molecule has 670 valence electrons. The molecule has 4 aliphatic carbocycles. The summed E-state index contributed by atoms with van der Waals surface area (Å²) in [4.78, 5) is 122. The molecule has 25 nitrogen and oxygen atoms in total. The number of carbonyl (C=O) groups is 7. The first-order valence-corrected chi connectivity index (χ1v) is 46.3. The molecular formula is C102H125N13O12. The lowest BCUT2D eigenvalue weighted by molar-refractivity contribution is -0.151. The zero-order valence-electron chi connectivity index (χ0n) is 75.8. The number of aromatic nitrogens is 6. The summed E-state index contributed by atoms with van der Waals surface area (Å²) in [5.41, 5.74) is 25.7. The number of ether oxygens (including phenoxy) is 4. The van der Waals surface area contributed by atoms with E-state index in [2.05, 4.69) is 145 Å². The van der Waals surface area contributed by atoms with Crippen LogP contribution >= 0.6 is 0 Å². The number of rotatable bonds is 20. The number of aliphatic carboxylic acids is 1. The maximum absolute atomic E-state index is 13.8. The topological polar surface area (TPSA) is 321 Å². The molecule has 0 bridgehead atoms. The molecule has 127 heavy (non-hydrogen) atoms. The number of amides is 5. The van der Waals surface area contributed by atoms with Crippen LogP contribution in [0.15, 0.2) is 127 Å². The van der Waals surface area contributed by atoms with Crippen molar-refractivity contribution in [2.24, 2.45) is 28.7 Å². The van der Waals surface area contributed by atoms with Gasteiger partial charge in [-0.05, 0) is 266 Å². The summed E-state index contributed by atoms with van der Waals surface area (Å²) in [7, 11) is 3.86. The number of alkyl carbamates (subject to hydrolysis) is 2. The van der Waals surface area contributed by atoms with E-state index in [1.807, 2.05) is 75.6 Å². The second-order valence-electron chi connectivity index (χ2n) is 38.5. The molecule has 2 spiro atoms. The summed E-state index contributed by atoms with van der Waals surface area (Å²) in [5.74, 6) is 0.00924. The van der Waals surface area contributed by atoms with Crippen molar-refractivity contribution in [2.45, 2.75) is 256 Å². The summed E-state index contributed by atoms with van der Waals surface area (Å²) in [5, 5.41) is 17.7. The standard InChI is InChI=1S/C51H62N8O6.C43H49N5O2.C8H14O4/c1-29(2)43(56-49(62)64-5)47(60)58-25-9-11-40(58)45-52-28-39(55-45)32-15-13-31(14-16-32)35-19-18-34(36-21-24-51(42(35)36)22-7-8-23-51)33-17-20-37-38(27-33)54-46(53-37)41-12-10-26-59(41)48(61)44(30(3)4)57-50(63)65-6;1-42(2,3)50-41(49)48-23-7-9-38(48)37-25-30(26-45-37)27-10-12-28(13-11-27)32-16-15-31(33-18-21-43(39(32)33)19-4-5-20-43)29-14-17-34-36(24-29)47-40(46-34)35-8-6-22-44-35;1-5(2)6(8(10)11)4-7(9)12-3/h13-20,27-30,40-41,43-44H,7-12,21-26H2,1-6H3,(H,52,55)(H,53,54)(H,56,62)(H,57,63);10-17,24,26,35,38,44H,4-9,18-23,25H2,1-3H3,(H,46,47);5-6H,4H2,1-3H3,(H,10,11). The van der Waals surface area contributed by atoms with Gasteiger partial charge in [-0.25, -0.2) is 29.3 Å². The molecule has 18 rings (SSSR count). The van der Waals surface area contributed by atoms with Gasteiger partial charge in [-0.15, -0.1) is 0 Å². The Labute approximate surface area is 744 Å². The number of imidazole rings is 3. The summed E-state index contributed by atoms with van der Waals surface area (Å²) in [6, 6.07) is 39.3. The Morgan fingerprint density at radius 3 is 1.46 bits per heavy atom. The number of hydrogen-bond acceptors (Lipinski definition) is 16. The zero-order chi connectivity index (χ0) is 89.3. The van der Waals surface area contributed by atoms with Gasteiger partial charge in [-0.2, -0.15) is 0 Å². The molecule has 9 aliphatic rings. The van der Waals surface area contributed by atoms with Crippen LogP contribution in [-0.4, -0.2) is 169 Å². The predicted octanol–water partition coefficient (Wildman–Crippen LogP) is 19.7. The highest BCUT2D eigenvalue weighted by Gasteiger charge is 2.47. The van der Waals surface area contributed by atoms with Gasteiger partial charge in [0.25, 0.3) is 0 Å². The Balaban J connectivity index is 0.000000169. The predicted molar refractivity (Wildman–Crippen MR) is 493 cm³/mol. The molecule has 6 fully saturated rings. The smallest absolute Gasteiger partial charge is 0.410 e. The first kappa shape index (κ1) is 88.9. The van der Waals surface area contributed by atoms with Gasteiger partial charge in [0.05, 0.1) is 91.8 Å². The fourth-order valence-electron chi connectivity index (χ4n) is 21.8. The average molecular weight is 1730 g/mol. The number of allylic oxidation sites excluding steroid dienone is 1. The van der Waals surface area contributed by atoms with Crippen molar-refractivity contribution in [3.63, 3.8) is 0 Å². The van der Waals surface area contributed by atoms with Crippen molar-refractivity contribution < 1.29 is 57.6 Å². The normalized spacial score (nSPS) is 20.4. The number of nitrogens with zero attached hydrogens (tertiary/aromatic N) is 7. The van der Waals surface area contributed by atoms with Gasteiger partial charge in [0.1, 0.15) is 35.2 Å². The lowest BCUT2D eigenvalue weighted by Gasteiger charge is -2.30. The Kier molecular flexibility index (Phi) is 26.2. The number of fused-ring (bicyclic) bond motifs is 6. The van der Waals surface area contributed by atoms with Crippen LogP contribution in [0.3, 0.4) is 0 Å². The minimum absolute atomic E-state index is 0.0157. The largest absolute Gasteiger partial charge is 0.481 e. The Bertz CT molecular complexity index is 5650. The number of likely N-dealkylation sites (tertiary alicyclic amines) is 3. The highest BCUT2D eigenvalue weighted by Crippen LogP contribution is 2.58. The number of esters is 1. The van der Waals surface area contributed by atoms with Gasteiger partial charge < -0.3 is 64.8 Å². The third-order valence-corrected chi connectivity index (χ3v) is 28.4. The number of aromatic amines is 3. The van der Waals surface area contributed by atoms with Crippen LogP contribution in [0.1, 0.15) is 254 Å². The molecule has 5 amide bonds. The van der Waals surface area contributed by atoms with Crippen molar-refractivity contribution in [1.82, 2.24) is 60.6 Å². The lowest BCUT2D eigenvalue weighted by Crippen LogP contribution is -2.51. The molecule has 7 unspecified atom stereocenters. The van der Waals surface area contributed by atoms with Crippen LogP contribution in [0.5, 0.6) is 0 Å². The number of H-pyrrole nitrogens is 3. The van der Waals surface area contributed by atoms with Crippen LogP contribution in [0, 0.1) is 23.7 Å². The fraction of sp³-hybridized carbons (Fsp3) is 0.500. The minimum atomic E-state index is -0.949. The second kappa shape index (κ2) is 37.5. The van der Waals surface area contributed by atoms with E-state index >= 15 is 0 Å². The Hall–Kier alpha value is -11.5. The molecule has 25 heteroatoms. The van der Waals surface area contributed by atoms with E-state index in [0.29, 0.717) is 19.1 Å². The van der Waals surface area contributed by atoms with Gasteiger partial charge in [0, 0.05) is 38.0 Å². The Morgan fingerprint density at radius 2 is 0.984 bits per heavy atom. The number of aliphatic imine (C=N–C) groups is 1. The molecule has 6 aromatic carbocycles. The monoisotopic (exact) mass is 1720 g/mol. The maximum Gasteiger partial charge on any atom is 0.410 e. The number of benzene rings is 6. The number of carbonyl (C=O) groups excluding carboxylic acids is 6. The quantitative estimate of drug-likeness (QED) is 0.0275. The van der Waals surface area contributed by atoms with E-state index in [0.717, 1.165) is 146 Å². The van der Waals surface area contributed by atoms with Crippen LogP contribution in [0.25, 0.3) is 83.4 Å². The highest BCUT2D eigenvalue weighted by molar-refractivity contribution is 6.03. The molecule has 2 saturated carbocycles. The zero-order valence-corrected chi connectivity index (χ0v) is 75.8. The van der Waals surface area contributed by atoms with Crippen LogP contribution < -0.4 is 16.0 Å². The van der Waals surface area contributed by atoms with Gasteiger partial charge in [0.15, 0.2) is 0 Å². The average Bonchev–Trinajstić information content (AvgIpc) is 1.58. The van der Waals surface area contributed by atoms with E-state index in [9.17, 15) is 33.6 Å². The number of methoxy groups -OCH3 is 3. The third-order valence-electron chi connectivity index (χ3n) is 28.4. The summed E-state index contributed by atoms with van der Waals surface area (Å²) in [6.45, 7) is 20.0. The van der Waals surface area contributed by atoms with Gasteiger partial charge in [0.2, 0.25) is 11.8 Å². The van der Waals surface area contributed by atoms with Gasteiger partial charge >= 0.3 is 30.2 Å². The number of carboxylic acids is 1. The number of carboxylic acid groups (broad SMARTS) is 1. The molecule has 8 heterocycles. The summed E-state index contributed by atoms with van der Waals surface area (Å²) in [6.07, 6.45) is 25.4. The molecule has 5 aliphatic heterocycles. The van der Waals surface area contributed by atoms with Gasteiger partial charge in [-0.1, -0.05) is 152 Å². The van der Waals surface area contributed by atoms with E-state index in [4.69, 9.17) is 39.3 Å². The molecule has 3 aromatic heterocycles. The van der Waals surface area contributed by atoms with Gasteiger partial charge in [-0.3, -0.25) is 29.1 Å².